The van der Waals surface area contributed by atoms with Crippen LogP contribution in [0, 0.1) is 0 Å². The largest absolute Gasteiger partial charge is 0.350 e. The standard InChI is InChI=1S/C17H20N4O4S/c1-21(2)26(24,25)15-7-3-6-14(9-15)17(23)20-12-16(22)19-11-13-5-4-8-18-10-13/h3-10H,11-12H2,1-2H3,(H,19,22)(H,20,23). The number of sulfonamides is 1. The van der Waals surface area contributed by atoms with Crippen molar-refractivity contribution >= 4 is 21.8 Å². The van der Waals surface area contributed by atoms with Gasteiger partial charge < -0.3 is 10.6 Å². The fourth-order valence-corrected chi connectivity index (χ4v) is 2.99. The Morgan fingerprint density at radius 2 is 1.88 bits per heavy atom. The van der Waals surface area contributed by atoms with Gasteiger partial charge in [0.15, 0.2) is 0 Å². The Balaban J connectivity index is 1.93. The minimum atomic E-state index is -3.64. The van der Waals surface area contributed by atoms with E-state index >= 15 is 0 Å². The lowest BCUT2D eigenvalue weighted by Crippen LogP contribution is -2.36. The SMILES string of the molecule is CN(C)S(=O)(=O)c1cccc(C(=O)NCC(=O)NCc2cccnc2)c1. The van der Waals surface area contributed by atoms with Crippen LogP contribution in [-0.2, 0) is 21.4 Å². The summed E-state index contributed by atoms with van der Waals surface area (Å²) in [6, 6.07) is 9.23. The van der Waals surface area contributed by atoms with Crippen LogP contribution in [0.15, 0.2) is 53.7 Å². The van der Waals surface area contributed by atoms with E-state index in [0.29, 0.717) is 6.54 Å². The van der Waals surface area contributed by atoms with Gasteiger partial charge in [0.25, 0.3) is 5.91 Å². The number of amides is 2. The fraction of sp³-hybridized carbons (Fsp3) is 0.235. The smallest absolute Gasteiger partial charge is 0.251 e. The van der Waals surface area contributed by atoms with Crippen molar-refractivity contribution < 1.29 is 18.0 Å². The minimum Gasteiger partial charge on any atom is -0.350 e. The van der Waals surface area contributed by atoms with E-state index in [2.05, 4.69) is 15.6 Å². The number of nitrogens with zero attached hydrogens (tertiary/aromatic N) is 2. The van der Waals surface area contributed by atoms with E-state index in [0.717, 1.165) is 9.87 Å². The van der Waals surface area contributed by atoms with Gasteiger partial charge in [0.05, 0.1) is 11.4 Å². The van der Waals surface area contributed by atoms with Crippen LogP contribution in [0.4, 0.5) is 0 Å². The maximum absolute atomic E-state index is 12.2. The van der Waals surface area contributed by atoms with Crippen molar-refractivity contribution in [2.24, 2.45) is 0 Å². The average Bonchev–Trinajstić information content (AvgIpc) is 2.65. The molecule has 0 bridgehead atoms. The number of pyridine rings is 1. The van der Waals surface area contributed by atoms with Crippen LogP contribution in [0.5, 0.6) is 0 Å². The molecule has 2 aromatic rings. The molecule has 9 heteroatoms. The van der Waals surface area contributed by atoms with E-state index in [4.69, 9.17) is 0 Å². The van der Waals surface area contributed by atoms with Gasteiger partial charge in [0, 0.05) is 38.6 Å². The first kappa shape index (κ1) is 19.5. The molecule has 0 fully saturated rings. The monoisotopic (exact) mass is 376 g/mol. The van der Waals surface area contributed by atoms with Gasteiger partial charge in [-0.15, -0.1) is 0 Å². The molecule has 0 saturated carbocycles. The highest BCUT2D eigenvalue weighted by Crippen LogP contribution is 2.14. The second-order valence-electron chi connectivity index (χ2n) is 5.64. The van der Waals surface area contributed by atoms with Crippen molar-refractivity contribution in [1.29, 1.82) is 0 Å². The molecule has 0 aliphatic rings. The quantitative estimate of drug-likeness (QED) is 0.726. The zero-order chi connectivity index (χ0) is 19.2. The maximum Gasteiger partial charge on any atom is 0.251 e. The third-order valence-corrected chi connectivity index (χ3v) is 5.31. The Morgan fingerprint density at radius 3 is 2.54 bits per heavy atom. The van der Waals surface area contributed by atoms with Gasteiger partial charge in [-0.25, -0.2) is 12.7 Å². The molecule has 26 heavy (non-hydrogen) atoms. The van der Waals surface area contributed by atoms with Crippen LogP contribution >= 0.6 is 0 Å². The summed E-state index contributed by atoms with van der Waals surface area (Å²) in [5, 5.41) is 5.13. The van der Waals surface area contributed by atoms with Crippen molar-refractivity contribution in [2.75, 3.05) is 20.6 Å². The number of carbonyl (C=O) groups excluding carboxylic acids is 2. The topological polar surface area (TPSA) is 108 Å². The molecule has 0 aliphatic heterocycles. The molecule has 2 N–H and O–H groups in total. The molecule has 8 nitrogen and oxygen atoms in total. The number of carbonyl (C=O) groups is 2. The molecule has 0 atom stereocenters. The summed E-state index contributed by atoms with van der Waals surface area (Å²) in [7, 11) is -0.813. The molecule has 0 spiro atoms. The van der Waals surface area contributed by atoms with Crippen LogP contribution in [-0.4, -0.2) is 50.2 Å². The van der Waals surface area contributed by atoms with Gasteiger partial charge in [-0.05, 0) is 29.8 Å². The average molecular weight is 376 g/mol. The summed E-state index contributed by atoms with van der Waals surface area (Å²) in [5.74, 6) is -0.892. The lowest BCUT2D eigenvalue weighted by atomic mass is 10.2. The molecule has 1 heterocycles. The molecule has 0 unspecified atom stereocenters. The summed E-state index contributed by atoms with van der Waals surface area (Å²) in [4.78, 5) is 27.9. The molecule has 0 radical (unpaired) electrons. The lowest BCUT2D eigenvalue weighted by Gasteiger charge is -2.12. The van der Waals surface area contributed by atoms with Gasteiger partial charge in [-0.3, -0.25) is 14.6 Å². The third kappa shape index (κ3) is 5.11. The van der Waals surface area contributed by atoms with Crippen molar-refractivity contribution in [2.45, 2.75) is 11.4 Å². The highest BCUT2D eigenvalue weighted by atomic mass is 32.2. The Kier molecular flexibility index (Phi) is 6.42. The van der Waals surface area contributed by atoms with E-state index in [-0.39, 0.29) is 22.9 Å². The second-order valence-corrected chi connectivity index (χ2v) is 7.79. The van der Waals surface area contributed by atoms with Gasteiger partial charge in [-0.2, -0.15) is 0 Å². The number of rotatable bonds is 7. The van der Waals surface area contributed by atoms with Crippen molar-refractivity contribution in [3.63, 3.8) is 0 Å². The lowest BCUT2D eigenvalue weighted by molar-refractivity contribution is -0.120. The number of hydrogen-bond acceptors (Lipinski definition) is 5. The molecular formula is C17H20N4O4S. The number of aromatic nitrogens is 1. The first-order valence-corrected chi connectivity index (χ1v) is 9.21. The highest BCUT2D eigenvalue weighted by Gasteiger charge is 2.18. The zero-order valence-electron chi connectivity index (χ0n) is 14.5. The third-order valence-electron chi connectivity index (χ3n) is 3.50. The van der Waals surface area contributed by atoms with Crippen LogP contribution in [0.1, 0.15) is 15.9 Å². The van der Waals surface area contributed by atoms with Gasteiger partial charge in [0.1, 0.15) is 0 Å². The van der Waals surface area contributed by atoms with Crippen molar-refractivity contribution in [3.8, 4) is 0 Å². The molecule has 0 aliphatic carbocycles. The summed E-state index contributed by atoms with van der Waals surface area (Å²) in [6.07, 6.45) is 3.27. The number of hydrogen-bond donors (Lipinski definition) is 2. The molecule has 1 aromatic carbocycles. The number of benzene rings is 1. The molecule has 1 aromatic heterocycles. The van der Waals surface area contributed by atoms with Crippen LogP contribution in [0.3, 0.4) is 0 Å². The van der Waals surface area contributed by atoms with Crippen LogP contribution < -0.4 is 10.6 Å². The summed E-state index contributed by atoms with van der Waals surface area (Å²) in [5.41, 5.74) is 1.00. The number of nitrogens with one attached hydrogen (secondary N) is 2. The van der Waals surface area contributed by atoms with Crippen LogP contribution in [0.2, 0.25) is 0 Å². The molecule has 2 amide bonds. The Bertz CT molecular complexity index is 883. The Hall–Kier alpha value is -2.78. The molecule has 0 saturated heterocycles. The normalized spacial score (nSPS) is 11.2. The molecular weight excluding hydrogens is 356 g/mol. The maximum atomic E-state index is 12.2. The minimum absolute atomic E-state index is 0.0104. The van der Waals surface area contributed by atoms with E-state index in [9.17, 15) is 18.0 Å². The molecule has 2 rings (SSSR count). The van der Waals surface area contributed by atoms with Crippen LogP contribution in [0.25, 0.3) is 0 Å². The summed E-state index contributed by atoms with van der Waals surface area (Å²) >= 11 is 0. The van der Waals surface area contributed by atoms with Gasteiger partial charge >= 0.3 is 0 Å². The highest BCUT2D eigenvalue weighted by molar-refractivity contribution is 7.89. The fourth-order valence-electron chi connectivity index (χ4n) is 2.04. The molecule has 138 valence electrons. The first-order chi connectivity index (χ1) is 12.3. The predicted octanol–water partition coefficient (Wildman–Crippen LogP) is 0.378. The Morgan fingerprint density at radius 1 is 1.12 bits per heavy atom. The second kappa shape index (κ2) is 8.54. The van der Waals surface area contributed by atoms with Gasteiger partial charge in [-0.1, -0.05) is 12.1 Å². The predicted molar refractivity (Wildman–Crippen MR) is 95.7 cm³/mol. The van der Waals surface area contributed by atoms with E-state index < -0.39 is 15.9 Å². The zero-order valence-corrected chi connectivity index (χ0v) is 15.3. The Labute approximate surface area is 152 Å². The van der Waals surface area contributed by atoms with Gasteiger partial charge in [0.2, 0.25) is 15.9 Å². The van der Waals surface area contributed by atoms with Crippen molar-refractivity contribution in [1.82, 2.24) is 19.9 Å². The van der Waals surface area contributed by atoms with E-state index in [1.165, 1.54) is 38.4 Å². The summed E-state index contributed by atoms with van der Waals surface area (Å²) < 4.78 is 25.3. The van der Waals surface area contributed by atoms with E-state index in [1.54, 1.807) is 18.5 Å². The summed E-state index contributed by atoms with van der Waals surface area (Å²) in [6.45, 7) is 0.0862. The van der Waals surface area contributed by atoms with E-state index in [1.807, 2.05) is 6.07 Å². The first-order valence-electron chi connectivity index (χ1n) is 7.77. The van der Waals surface area contributed by atoms with Crippen molar-refractivity contribution in [3.05, 3.63) is 59.9 Å².